The van der Waals surface area contributed by atoms with E-state index in [1.807, 2.05) is 7.05 Å². The molecule has 4 nitrogen and oxygen atoms in total. The standard InChI is InChI=1S/C16H26N2O2S/c1-12(2)17-10-14-5-6-16(13(3)9-14)18(4)15-7-8-21(19,20)11-15/h5-6,9,12,15,17H,7-8,10-11H2,1-4H3. The van der Waals surface area contributed by atoms with Crippen LogP contribution >= 0.6 is 0 Å². The SMILES string of the molecule is Cc1cc(CNC(C)C)ccc1N(C)C1CCS(=O)(=O)C1. The smallest absolute Gasteiger partial charge is 0.152 e. The Labute approximate surface area is 128 Å². The van der Waals surface area contributed by atoms with Gasteiger partial charge < -0.3 is 10.2 Å². The van der Waals surface area contributed by atoms with Gasteiger partial charge in [-0.1, -0.05) is 26.0 Å². The quantitative estimate of drug-likeness (QED) is 0.905. The van der Waals surface area contributed by atoms with Crippen LogP contribution in [-0.4, -0.2) is 39.1 Å². The van der Waals surface area contributed by atoms with E-state index in [4.69, 9.17) is 0 Å². The number of hydrogen-bond donors (Lipinski definition) is 1. The molecule has 0 radical (unpaired) electrons. The topological polar surface area (TPSA) is 49.4 Å². The van der Waals surface area contributed by atoms with Crippen molar-refractivity contribution >= 4 is 15.5 Å². The third kappa shape index (κ3) is 4.20. The van der Waals surface area contributed by atoms with Gasteiger partial charge in [-0.05, 0) is 30.5 Å². The molecule has 1 aliphatic rings. The summed E-state index contributed by atoms with van der Waals surface area (Å²) in [7, 11) is -0.839. The highest BCUT2D eigenvalue weighted by atomic mass is 32.2. The number of hydrogen-bond acceptors (Lipinski definition) is 4. The molecule has 1 aliphatic heterocycles. The predicted octanol–water partition coefficient (Wildman–Crippen LogP) is 2.12. The molecule has 1 atom stereocenters. The highest BCUT2D eigenvalue weighted by molar-refractivity contribution is 7.91. The minimum atomic E-state index is -2.84. The van der Waals surface area contributed by atoms with Gasteiger partial charge in [0.15, 0.2) is 9.84 Å². The van der Waals surface area contributed by atoms with Crippen LogP contribution < -0.4 is 10.2 Å². The lowest BCUT2D eigenvalue weighted by Gasteiger charge is -2.27. The maximum absolute atomic E-state index is 11.6. The third-order valence-corrected chi connectivity index (χ3v) is 5.86. The maximum atomic E-state index is 11.6. The molecule has 0 saturated carbocycles. The summed E-state index contributed by atoms with van der Waals surface area (Å²) in [6.45, 7) is 7.22. The molecule has 1 aromatic rings. The number of benzene rings is 1. The van der Waals surface area contributed by atoms with Crippen molar-refractivity contribution in [2.45, 2.75) is 45.8 Å². The fraction of sp³-hybridized carbons (Fsp3) is 0.625. The summed E-state index contributed by atoms with van der Waals surface area (Å²) < 4.78 is 23.3. The summed E-state index contributed by atoms with van der Waals surface area (Å²) in [6, 6.07) is 6.99. The Bertz CT molecular complexity index is 596. The normalized spacial score (nSPS) is 20.9. The number of nitrogens with one attached hydrogen (secondary N) is 1. The molecule has 0 amide bonds. The van der Waals surface area contributed by atoms with Crippen molar-refractivity contribution in [1.29, 1.82) is 0 Å². The lowest BCUT2D eigenvalue weighted by atomic mass is 10.1. The van der Waals surface area contributed by atoms with Gasteiger partial charge in [0.05, 0.1) is 11.5 Å². The summed E-state index contributed by atoms with van der Waals surface area (Å²) in [5, 5.41) is 3.41. The maximum Gasteiger partial charge on any atom is 0.152 e. The van der Waals surface area contributed by atoms with Gasteiger partial charge in [0, 0.05) is 31.4 Å². The molecule has 1 aromatic carbocycles. The molecule has 1 heterocycles. The van der Waals surface area contributed by atoms with Crippen molar-refractivity contribution in [2.75, 3.05) is 23.5 Å². The van der Waals surface area contributed by atoms with Gasteiger partial charge in [-0.2, -0.15) is 0 Å². The second kappa shape index (κ2) is 6.36. The van der Waals surface area contributed by atoms with E-state index >= 15 is 0 Å². The lowest BCUT2D eigenvalue weighted by molar-refractivity contribution is 0.588. The Morgan fingerprint density at radius 1 is 1.38 bits per heavy atom. The first-order valence-corrected chi connectivity index (χ1v) is 9.37. The second-order valence-electron chi connectivity index (χ2n) is 6.32. The van der Waals surface area contributed by atoms with E-state index in [9.17, 15) is 8.42 Å². The van der Waals surface area contributed by atoms with Crippen LogP contribution in [0.4, 0.5) is 5.69 Å². The first-order valence-electron chi connectivity index (χ1n) is 7.54. The molecule has 0 bridgehead atoms. The molecule has 0 spiro atoms. The minimum absolute atomic E-state index is 0.105. The number of anilines is 1. The molecule has 2 rings (SSSR count). The van der Waals surface area contributed by atoms with E-state index < -0.39 is 9.84 Å². The van der Waals surface area contributed by atoms with Crippen molar-refractivity contribution in [2.24, 2.45) is 0 Å². The van der Waals surface area contributed by atoms with Gasteiger partial charge in [-0.15, -0.1) is 0 Å². The van der Waals surface area contributed by atoms with E-state index in [2.05, 4.69) is 49.2 Å². The van der Waals surface area contributed by atoms with Crippen LogP contribution in [0.15, 0.2) is 18.2 Å². The van der Waals surface area contributed by atoms with Gasteiger partial charge in [-0.25, -0.2) is 8.42 Å². The van der Waals surface area contributed by atoms with Crippen molar-refractivity contribution in [3.05, 3.63) is 29.3 Å². The first-order chi connectivity index (χ1) is 9.78. The molecule has 1 fully saturated rings. The first kappa shape index (κ1) is 16.3. The largest absolute Gasteiger partial charge is 0.370 e. The zero-order valence-electron chi connectivity index (χ0n) is 13.4. The van der Waals surface area contributed by atoms with Crippen LogP contribution in [0.25, 0.3) is 0 Å². The summed E-state index contributed by atoms with van der Waals surface area (Å²) in [5.74, 6) is 0.594. The van der Waals surface area contributed by atoms with Gasteiger partial charge >= 0.3 is 0 Å². The van der Waals surface area contributed by atoms with Crippen LogP contribution in [0.1, 0.15) is 31.4 Å². The van der Waals surface area contributed by atoms with E-state index in [1.54, 1.807) is 0 Å². The van der Waals surface area contributed by atoms with Crippen molar-refractivity contribution in [3.63, 3.8) is 0 Å². The molecule has 0 aromatic heterocycles. The highest BCUT2D eigenvalue weighted by Gasteiger charge is 2.31. The fourth-order valence-corrected chi connectivity index (χ4v) is 4.60. The lowest BCUT2D eigenvalue weighted by Crippen LogP contribution is -2.33. The van der Waals surface area contributed by atoms with E-state index in [1.165, 1.54) is 11.1 Å². The van der Waals surface area contributed by atoms with Gasteiger partial charge in [0.1, 0.15) is 0 Å². The molecule has 1 N–H and O–H groups in total. The van der Waals surface area contributed by atoms with Crippen LogP contribution in [-0.2, 0) is 16.4 Å². The van der Waals surface area contributed by atoms with Crippen LogP contribution in [0.5, 0.6) is 0 Å². The van der Waals surface area contributed by atoms with Gasteiger partial charge in [-0.3, -0.25) is 0 Å². The average Bonchev–Trinajstić information content (AvgIpc) is 2.76. The fourth-order valence-electron chi connectivity index (χ4n) is 2.82. The summed E-state index contributed by atoms with van der Waals surface area (Å²) in [5.41, 5.74) is 3.59. The summed E-state index contributed by atoms with van der Waals surface area (Å²) >= 11 is 0. The summed E-state index contributed by atoms with van der Waals surface area (Å²) in [4.78, 5) is 2.12. The van der Waals surface area contributed by atoms with Crippen molar-refractivity contribution < 1.29 is 8.42 Å². The third-order valence-electron chi connectivity index (χ3n) is 4.11. The molecule has 21 heavy (non-hydrogen) atoms. The Balaban J connectivity index is 2.10. The molecule has 1 saturated heterocycles. The van der Waals surface area contributed by atoms with Crippen LogP contribution in [0, 0.1) is 6.92 Å². The van der Waals surface area contributed by atoms with Gasteiger partial charge in [0.25, 0.3) is 0 Å². The van der Waals surface area contributed by atoms with Gasteiger partial charge in [0.2, 0.25) is 0 Å². The second-order valence-corrected chi connectivity index (χ2v) is 8.55. The molecule has 1 unspecified atom stereocenters. The zero-order valence-corrected chi connectivity index (χ0v) is 14.2. The number of nitrogens with zero attached hydrogens (tertiary/aromatic N) is 1. The average molecular weight is 310 g/mol. The van der Waals surface area contributed by atoms with Crippen LogP contribution in [0.2, 0.25) is 0 Å². The Kier molecular flexibility index (Phi) is 4.94. The Hall–Kier alpha value is -1.07. The van der Waals surface area contributed by atoms with E-state index in [-0.39, 0.29) is 11.8 Å². The Morgan fingerprint density at radius 2 is 2.10 bits per heavy atom. The monoisotopic (exact) mass is 310 g/mol. The summed E-state index contributed by atoms with van der Waals surface area (Å²) in [6.07, 6.45) is 0.731. The molecule has 5 heteroatoms. The van der Waals surface area contributed by atoms with E-state index in [0.717, 1.165) is 18.7 Å². The highest BCUT2D eigenvalue weighted by Crippen LogP contribution is 2.26. The number of aryl methyl sites for hydroxylation is 1. The molecule has 0 aliphatic carbocycles. The Morgan fingerprint density at radius 3 is 2.62 bits per heavy atom. The molecular formula is C16H26N2O2S. The molecular weight excluding hydrogens is 284 g/mol. The predicted molar refractivity (Wildman–Crippen MR) is 88.6 cm³/mol. The zero-order chi connectivity index (χ0) is 15.6. The van der Waals surface area contributed by atoms with Crippen molar-refractivity contribution in [3.8, 4) is 0 Å². The number of sulfone groups is 1. The number of rotatable bonds is 5. The minimum Gasteiger partial charge on any atom is -0.370 e. The van der Waals surface area contributed by atoms with E-state index in [0.29, 0.717) is 11.8 Å². The van der Waals surface area contributed by atoms with Crippen LogP contribution in [0.3, 0.4) is 0 Å². The van der Waals surface area contributed by atoms with Crippen molar-refractivity contribution in [1.82, 2.24) is 5.32 Å². The molecule has 118 valence electrons.